The number of nitrogens with one attached hydrogen (secondary N) is 3. The second-order valence-electron chi connectivity index (χ2n) is 12.1. The highest BCUT2D eigenvalue weighted by Crippen LogP contribution is 2.39. The summed E-state index contributed by atoms with van der Waals surface area (Å²) in [5.41, 5.74) is 3.11. The molecule has 3 N–H and O–H groups in total. The van der Waals surface area contributed by atoms with Crippen molar-refractivity contribution in [2.45, 2.75) is 13.0 Å². The third-order valence-corrected chi connectivity index (χ3v) is 10.1. The zero-order valence-electron chi connectivity index (χ0n) is 27.2. The average molecular weight is 708 g/mol. The van der Waals surface area contributed by atoms with E-state index in [1.165, 1.54) is 17.3 Å². The number of hydrogen-bond acceptors (Lipinski definition) is 11. The molecule has 0 radical (unpaired) electrons. The summed E-state index contributed by atoms with van der Waals surface area (Å²) in [4.78, 5) is 42.3. The minimum Gasteiger partial charge on any atom is -0.494 e. The van der Waals surface area contributed by atoms with Crippen LogP contribution in [0.3, 0.4) is 0 Å². The van der Waals surface area contributed by atoms with E-state index >= 15 is 0 Å². The van der Waals surface area contributed by atoms with Crippen LogP contribution in [0.15, 0.2) is 60.9 Å². The van der Waals surface area contributed by atoms with Gasteiger partial charge in [-0.1, -0.05) is 23.7 Å². The molecule has 2 saturated heterocycles. The molecular formula is C33H36ClFN9O4P. The number of carbonyl (C=O) groups is 2. The second-order valence-corrected chi connectivity index (χ2v) is 15.6. The summed E-state index contributed by atoms with van der Waals surface area (Å²) >= 11 is 6.43. The Morgan fingerprint density at radius 2 is 1.73 bits per heavy atom. The fourth-order valence-corrected chi connectivity index (χ4v) is 7.04. The van der Waals surface area contributed by atoms with E-state index in [-0.39, 0.29) is 18.9 Å². The molecule has 0 spiro atoms. The summed E-state index contributed by atoms with van der Waals surface area (Å²) in [7, 11) is -0.974. The van der Waals surface area contributed by atoms with Crippen molar-refractivity contribution in [2.24, 2.45) is 0 Å². The number of piperazine rings is 1. The number of imide groups is 1. The first-order chi connectivity index (χ1) is 23.5. The van der Waals surface area contributed by atoms with Crippen LogP contribution in [0, 0.1) is 5.95 Å². The van der Waals surface area contributed by atoms with Gasteiger partial charge in [-0.3, -0.25) is 19.9 Å². The summed E-state index contributed by atoms with van der Waals surface area (Å²) in [5, 5.41) is 9.70. The van der Waals surface area contributed by atoms with Crippen LogP contribution in [-0.2, 0) is 15.9 Å². The number of para-hydroxylation sites is 1. The summed E-state index contributed by atoms with van der Waals surface area (Å²) in [5.74, 6) is 0.327. The molecule has 4 heterocycles. The SMILES string of the molecule is COc1cc(N2CCN(Cc3cc(N4CCC(=O)NC4=O)cnc3F)CC2)ccc1Nc1ncc(Cl)c(Nc2ccccc2P(C)(C)=O)n1. The molecule has 49 heavy (non-hydrogen) atoms. The van der Waals surface area contributed by atoms with E-state index in [1.807, 2.05) is 42.5 Å². The van der Waals surface area contributed by atoms with Crippen LogP contribution in [0.5, 0.6) is 5.75 Å². The maximum absolute atomic E-state index is 14.7. The number of ether oxygens (including phenoxy) is 1. The van der Waals surface area contributed by atoms with Gasteiger partial charge in [-0.05, 0) is 43.7 Å². The van der Waals surface area contributed by atoms with Crippen molar-refractivity contribution >= 4 is 70.5 Å². The standard InChI is InChI=1S/C33H36ClFN9O4P/c1-48-27-17-22(8-9-25(27)39-32-37-19-24(34)31(41-32)38-26-6-4-5-7-28(26)49(2,3)47)43-14-12-42(13-15-43)20-21-16-23(18-36-30(21)35)44-11-10-29(45)40-33(44)46/h4-9,16-19H,10-15,20H2,1-3H3,(H,40,45,46)(H2,37,38,39,41). The molecular weight excluding hydrogens is 672 g/mol. The topological polar surface area (TPSA) is 145 Å². The number of halogens is 2. The number of pyridine rings is 1. The van der Waals surface area contributed by atoms with Gasteiger partial charge in [0.1, 0.15) is 17.9 Å². The van der Waals surface area contributed by atoms with Crippen molar-refractivity contribution in [1.82, 2.24) is 25.2 Å². The first-order valence-corrected chi connectivity index (χ1v) is 18.6. The molecule has 0 unspecified atom stereocenters. The molecule has 2 aliphatic rings. The Bertz CT molecular complexity index is 1940. The Kier molecular flexibility index (Phi) is 10.00. The third-order valence-electron chi connectivity index (χ3n) is 8.31. The van der Waals surface area contributed by atoms with E-state index in [2.05, 4.69) is 40.7 Å². The third kappa shape index (κ3) is 7.93. The van der Waals surface area contributed by atoms with Crippen molar-refractivity contribution in [2.75, 3.05) is 73.6 Å². The van der Waals surface area contributed by atoms with Gasteiger partial charge in [-0.25, -0.2) is 14.8 Å². The summed E-state index contributed by atoms with van der Waals surface area (Å²) in [6, 6.07) is 14.2. The predicted octanol–water partition coefficient (Wildman–Crippen LogP) is 5.18. The molecule has 0 saturated carbocycles. The number of benzene rings is 2. The maximum atomic E-state index is 14.7. The van der Waals surface area contributed by atoms with E-state index in [4.69, 9.17) is 16.3 Å². The minimum absolute atomic E-state index is 0.176. The van der Waals surface area contributed by atoms with Crippen LogP contribution in [0.2, 0.25) is 5.02 Å². The lowest BCUT2D eigenvalue weighted by atomic mass is 10.1. The molecule has 256 valence electrons. The van der Waals surface area contributed by atoms with Crippen molar-refractivity contribution < 1.29 is 23.3 Å². The number of anilines is 6. The Morgan fingerprint density at radius 3 is 2.47 bits per heavy atom. The van der Waals surface area contributed by atoms with Gasteiger partial charge in [0.15, 0.2) is 5.82 Å². The molecule has 2 aromatic heterocycles. The van der Waals surface area contributed by atoms with E-state index in [0.717, 1.165) is 5.69 Å². The van der Waals surface area contributed by atoms with Crippen LogP contribution in [0.4, 0.5) is 43.7 Å². The molecule has 4 aromatic rings. The number of nitrogens with zero attached hydrogens (tertiary/aromatic N) is 6. The monoisotopic (exact) mass is 707 g/mol. The zero-order valence-corrected chi connectivity index (χ0v) is 28.9. The quantitative estimate of drug-likeness (QED) is 0.148. The lowest BCUT2D eigenvalue weighted by Gasteiger charge is -2.36. The summed E-state index contributed by atoms with van der Waals surface area (Å²) in [6.07, 6.45) is 2.98. The number of carbonyl (C=O) groups excluding carboxylic acids is 2. The summed E-state index contributed by atoms with van der Waals surface area (Å²) in [6.45, 7) is 6.71. The number of hydrogen-bond donors (Lipinski definition) is 3. The molecule has 0 aliphatic carbocycles. The van der Waals surface area contributed by atoms with Crippen molar-refractivity contribution in [1.29, 1.82) is 0 Å². The van der Waals surface area contributed by atoms with Gasteiger partial charge in [0.25, 0.3) is 0 Å². The van der Waals surface area contributed by atoms with Crippen LogP contribution < -0.4 is 35.8 Å². The number of rotatable bonds is 10. The lowest BCUT2D eigenvalue weighted by molar-refractivity contribution is -0.120. The molecule has 0 atom stereocenters. The van der Waals surface area contributed by atoms with Crippen LogP contribution in [0.1, 0.15) is 12.0 Å². The molecule has 3 amide bonds. The zero-order chi connectivity index (χ0) is 34.7. The van der Waals surface area contributed by atoms with Gasteiger partial charge >= 0.3 is 6.03 Å². The van der Waals surface area contributed by atoms with E-state index in [0.29, 0.717) is 83.2 Å². The predicted molar refractivity (Wildman–Crippen MR) is 189 cm³/mol. The lowest BCUT2D eigenvalue weighted by Crippen LogP contribution is -2.49. The van der Waals surface area contributed by atoms with Crippen molar-refractivity contribution in [3.8, 4) is 5.75 Å². The molecule has 0 bridgehead atoms. The Morgan fingerprint density at radius 1 is 0.959 bits per heavy atom. The number of aromatic nitrogens is 3. The Labute approximate surface area is 288 Å². The average Bonchev–Trinajstić information content (AvgIpc) is 3.08. The first kappa shape index (κ1) is 34.1. The van der Waals surface area contributed by atoms with Crippen molar-refractivity contribution in [3.05, 3.63) is 77.5 Å². The number of amides is 3. The molecule has 2 fully saturated rings. The van der Waals surface area contributed by atoms with Crippen LogP contribution in [0.25, 0.3) is 0 Å². The van der Waals surface area contributed by atoms with E-state index in [1.54, 1.807) is 26.5 Å². The number of urea groups is 1. The Balaban J connectivity index is 1.10. The highest BCUT2D eigenvalue weighted by Gasteiger charge is 2.26. The molecule has 16 heteroatoms. The fraction of sp³-hybridized carbons (Fsp3) is 0.303. The van der Waals surface area contributed by atoms with Crippen LogP contribution >= 0.6 is 18.7 Å². The Hall–Kier alpha value is -4.78. The maximum Gasteiger partial charge on any atom is 0.328 e. The number of methoxy groups -OCH3 is 1. The highest BCUT2D eigenvalue weighted by molar-refractivity contribution is 7.70. The normalized spacial score (nSPS) is 15.6. The van der Waals surface area contributed by atoms with Gasteiger partial charge in [-0.15, -0.1) is 0 Å². The van der Waals surface area contributed by atoms with E-state index < -0.39 is 19.1 Å². The van der Waals surface area contributed by atoms with Gasteiger partial charge in [0.05, 0.1) is 36.6 Å². The molecule has 6 rings (SSSR count). The van der Waals surface area contributed by atoms with Crippen molar-refractivity contribution in [3.63, 3.8) is 0 Å². The fourth-order valence-electron chi connectivity index (χ4n) is 5.75. The molecule has 2 aliphatic heterocycles. The van der Waals surface area contributed by atoms with Gasteiger partial charge in [-0.2, -0.15) is 9.37 Å². The van der Waals surface area contributed by atoms with Crippen LogP contribution in [-0.4, -0.2) is 85.0 Å². The first-order valence-electron chi connectivity index (χ1n) is 15.6. The van der Waals surface area contributed by atoms with E-state index in [9.17, 15) is 18.5 Å². The second kappa shape index (κ2) is 14.4. The van der Waals surface area contributed by atoms with Gasteiger partial charge in [0.2, 0.25) is 17.8 Å². The highest BCUT2D eigenvalue weighted by atomic mass is 35.5. The molecule has 13 nitrogen and oxygen atoms in total. The van der Waals surface area contributed by atoms with Gasteiger partial charge in [0, 0.05) is 68.3 Å². The molecule has 2 aromatic carbocycles. The largest absolute Gasteiger partial charge is 0.494 e. The smallest absolute Gasteiger partial charge is 0.328 e. The van der Waals surface area contributed by atoms with Gasteiger partial charge < -0.3 is 24.8 Å². The summed E-state index contributed by atoms with van der Waals surface area (Å²) < 4.78 is 33.2. The minimum atomic E-state index is -2.56.